The van der Waals surface area contributed by atoms with Gasteiger partial charge < -0.3 is 10.1 Å². The van der Waals surface area contributed by atoms with E-state index in [4.69, 9.17) is 4.74 Å². The summed E-state index contributed by atoms with van der Waals surface area (Å²) in [5.41, 5.74) is 1.37. The standard InChI is InChI=1S/C19H33NO/c1-5-9-11-16(7-3)19(20-14-6-2)17-12-10-13-18(15-17)21-8-4/h10,12-13,15-16,19-20H,5-9,11,14H2,1-4H3. The molecule has 0 heterocycles. The van der Waals surface area contributed by atoms with Crippen molar-refractivity contribution < 1.29 is 4.74 Å². The molecule has 0 aliphatic heterocycles. The Hall–Kier alpha value is -1.02. The van der Waals surface area contributed by atoms with Gasteiger partial charge in [0, 0.05) is 6.04 Å². The van der Waals surface area contributed by atoms with E-state index in [1.54, 1.807) is 0 Å². The molecule has 0 radical (unpaired) electrons. The first-order chi connectivity index (χ1) is 10.3. The molecule has 2 atom stereocenters. The topological polar surface area (TPSA) is 21.3 Å². The van der Waals surface area contributed by atoms with Gasteiger partial charge in [-0.1, -0.05) is 52.2 Å². The molecule has 2 unspecified atom stereocenters. The van der Waals surface area contributed by atoms with Gasteiger partial charge in [-0.25, -0.2) is 0 Å². The highest BCUT2D eigenvalue weighted by molar-refractivity contribution is 5.31. The van der Waals surface area contributed by atoms with Gasteiger partial charge in [0.05, 0.1) is 6.61 Å². The van der Waals surface area contributed by atoms with Crippen LogP contribution in [0.15, 0.2) is 24.3 Å². The summed E-state index contributed by atoms with van der Waals surface area (Å²) >= 11 is 0. The summed E-state index contributed by atoms with van der Waals surface area (Å²) in [4.78, 5) is 0. The molecule has 0 spiro atoms. The fourth-order valence-corrected chi connectivity index (χ4v) is 2.89. The first-order valence-electron chi connectivity index (χ1n) is 8.72. The van der Waals surface area contributed by atoms with Crippen molar-refractivity contribution in [2.45, 2.75) is 65.8 Å². The van der Waals surface area contributed by atoms with Gasteiger partial charge in [-0.05, 0) is 49.9 Å². The molecule has 120 valence electrons. The van der Waals surface area contributed by atoms with Gasteiger partial charge in [-0.15, -0.1) is 0 Å². The molecule has 1 rings (SSSR count). The lowest BCUT2D eigenvalue weighted by atomic mass is 9.86. The second kappa shape index (κ2) is 10.7. The van der Waals surface area contributed by atoms with E-state index >= 15 is 0 Å². The van der Waals surface area contributed by atoms with Crippen molar-refractivity contribution >= 4 is 0 Å². The predicted octanol–water partition coefficient (Wildman–Crippen LogP) is 5.34. The molecule has 0 amide bonds. The van der Waals surface area contributed by atoms with Crippen molar-refractivity contribution in [3.8, 4) is 5.75 Å². The smallest absolute Gasteiger partial charge is 0.119 e. The van der Waals surface area contributed by atoms with Gasteiger partial charge in [0.2, 0.25) is 0 Å². The normalized spacial score (nSPS) is 13.9. The van der Waals surface area contributed by atoms with Gasteiger partial charge in [-0.2, -0.15) is 0 Å². The Morgan fingerprint density at radius 3 is 2.52 bits per heavy atom. The number of ether oxygens (including phenoxy) is 1. The lowest BCUT2D eigenvalue weighted by Gasteiger charge is -2.28. The molecule has 0 aliphatic rings. The Bertz CT molecular complexity index is 378. The van der Waals surface area contributed by atoms with Crippen LogP contribution in [0, 0.1) is 5.92 Å². The minimum atomic E-state index is 0.446. The van der Waals surface area contributed by atoms with Crippen LogP contribution in [-0.2, 0) is 0 Å². The van der Waals surface area contributed by atoms with Crippen LogP contribution in [0.1, 0.15) is 71.4 Å². The SMILES string of the molecule is CCCCC(CC)C(NCCC)c1cccc(OCC)c1. The van der Waals surface area contributed by atoms with Gasteiger partial charge >= 0.3 is 0 Å². The van der Waals surface area contributed by atoms with E-state index in [0.29, 0.717) is 12.0 Å². The highest BCUT2D eigenvalue weighted by Gasteiger charge is 2.21. The Morgan fingerprint density at radius 1 is 1.10 bits per heavy atom. The largest absolute Gasteiger partial charge is 0.494 e. The maximum atomic E-state index is 5.67. The van der Waals surface area contributed by atoms with Crippen molar-refractivity contribution in [3.63, 3.8) is 0 Å². The maximum Gasteiger partial charge on any atom is 0.119 e. The van der Waals surface area contributed by atoms with E-state index in [1.807, 2.05) is 6.92 Å². The molecule has 1 aromatic rings. The minimum absolute atomic E-state index is 0.446. The molecule has 21 heavy (non-hydrogen) atoms. The molecule has 0 bridgehead atoms. The summed E-state index contributed by atoms with van der Waals surface area (Å²) in [5.74, 6) is 1.69. The van der Waals surface area contributed by atoms with Crippen LogP contribution in [0.2, 0.25) is 0 Å². The zero-order valence-corrected chi connectivity index (χ0v) is 14.3. The first kappa shape index (κ1) is 18.0. The van der Waals surface area contributed by atoms with E-state index in [9.17, 15) is 0 Å². The lowest BCUT2D eigenvalue weighted by molar-refractivity contribution is 0.318. The van der Waals surface area contributed by atoms with E-state index in [0.717, 1.165) is 18.9 Å². The fraction of sp³-hybridized carbons (Fsp3) is 0.684. The van der Waals surface area contributed by atoms with Gasteiger partial charge in [0.25, 0.3) is 0 Å². The van der Waals surface area contributed by atoms with Gasteiger partial charge in [0.1, 0.15) is 5.75 Å². The number of hydrogen-bond acceptors (Lipinski definition) is 2. The lowest BCUT2D eigenvalue weighted by Crippen LogP contribution is -2.29. The average molecular weight is 291 g/mol. The number of benzene rings is 1. The second-order valence-corrected chi connectivity index (χ2v) is 5.75. The Morgan fingerprint density at radius 2 is 1.90 bits per heavy atom. The van der Waals surface area contributed by atoms with E-state index < -0.39 is 0 Å². The van der Waals surface area contributed by atoms with E-state index in [1.165, 1.54) is 37.7 Å². The summed E-state index contributed by atoms with van der Waals surface area (Å²) in [6, 6.07) is 9.07. The summed E-state index contributed by atoms with van der Waals surface area (Å²) in [5, 5.41) is 3.76. The maximum absolute atomic E-state index is 5.67. The highest BCUT2D eigenvalue weighted by atomic mass is 16.5. The quantitative estimate of drug-likeness (QED) is 0.594. The van der Waals surface area contributed by atoms with Crippen LogP contribution >= 0.6 is 0 Å². The Balaban J connectivity index is 2.90. The fourth-order valence-electron chi connectivity index (χ4n) is 2.89. The van der Waals surface area contributed by atoms with Crippen LogP contribution in [0.4, 0.5) is 0 Å². The summed E-state index contributed by atoms with van der Waals surface area (Å²) in [6.07, 6.45) is 6.28. The summed E-state index contributed by atoms with van der Waals surface area (Å²) < 4.78 is 5.67. The van der Waals surface area contributed by atoms with Crippen molar-refractivity contribution in [1.82, 2.24) is 5.32 Å². The number of nitrogens with one attached hydrogen (secondary N) is 1. The Labute approximate surface area is 131 Å². The molecule has 0 saturated carbocycles. The van der Waals surface area contributed by atoms with Crippen LogP contribution < -0.4 is 10.1 Å². The molecule has 0 aromatic heterocycles. The second-order valence-electron chi connectivity index (χ2n) is 5.75. The third-order valence-electron chi connectivity index (χ3n) is 4.07. The number of hydrogen-bond donors (Lipinski definition) is 1. The van der Waals surface area contributed by atoms with Crippen LogP contribution in [0.25, 0.3) is 0 Å². The van der Waals surface area contributed by atoms with Crippen molar-refractivity contribution in [2.24, 2.45) is 5.92 Å². The van der Waals surface area contributed by atoms with Crippen molar-refractivity contribution in [3.05, 3.63) is 29.8 Å². The average Bonchev–Trinajstić information content (AvgIpc) is 2.51. The van der Waals surface area contributed by atoms with E-state index in [2.05, 4.69) is 50.4 Å². The van der Waals surface area contributed by atoms with E-state index in [-0.39, 0.29) is 0 Å². The molecule has 0 saturated heterocycles. The minimum Gasteiger partial charge on any atom is -0.494 e. The number of unbranched alkanes of at least 4 members (excludes halogenated alkanes) is 1. The zero-order chi connectivity index (χ0) is 15.5. The van der Waals surface area contributed by atoms with Crippen molar-refractivity contribution in [2.75, 3.05) is 13.2 Å². The monoisotopic (exact) mass is 291 g/mol. The predicted molar refractivity (Wildman–Crippen MR) is 92.0 cm³/mol. The third-order valence-corrected chi connectivity index (χ3v) is 4.07. The third kappa shape index (κ3) is 6.09. The Kier molecular flexibility index (Phi) is 9.16. The van der Waals surface area contributed by atoms with Crippen LogP contribution in [0.5, 0.6) is 5.75 Å². The first-order valence-corrected chi connectivity index (χ1v) is 8.72. The highest BCUT2D eigenvalue weighted by Crippen LogP contribution is 2.31. The summed E-state index contributed by atoms with van der Waals surface area (Å²) in [6.45, 7) is 10.7. The molecule has 2 nitrogen and oxygen atoms in total. The van der Waals surface area contributed by atoms with Crippen molar-refractivity contribution in [1.29, 1.82) is 0 Å². The number of rotatable bonds is 11. The summed E-state index contributed by atoms with van der Waals surface area (Å²) in [7, 11) is 0. The van der Waals surface area contributed by atoms with Crippen LogP contribution in [0.3, 0.4) is 0 Å². The molecule has 1 N–H and O–H groups in total. The molecule has 2 heteroatoms. The van der Waals surface area contributed by atoms with Gasteiger partial charge in [0.15, 0.2) is 0 Å². The molecular weight excluding hydrogens is 258 g/mol. The molecule has 0 fully saturated rings. The molecule has 1 aromatic carbocycles. The van der Waals surface area contributed by atoms with Gasteiger partial charge in [-0.3, -0.25) is 0 Å². The van der Waals surface area contributed by atoms with Crippen LogP contribution in [-0.4, -0.2) is 13.2 Å². The molecule has 0 aliphatic carbocycles. The zero-order valence-electron chi connectivity index (χ0n) is 14.3. The molecular formula is C19H33NO.